The second kappa shape index (κ2) is 5.72. The van der Waals surface area contributed by atoms with Gasteiger partial charge in [0.2, 0.25) is 6.10 Å². The minimum Gasteiger partial charge on any atom is -0.361 e. The summed E-state index contributed by atoms with van der Waals surface area (Å²) in [5, 5.41) is 0. The Morgan fingerprint density at radius 2 is 1.50 bits per heavy atom. The molecule has 0 aliphatic rings. The number of ether oxygens (including phenoxy) is 1. The maximum atomic E-state index is 11.9. The van der Waals surface area contributed by atoms with Crippen LogP contribution in [0.15, 0.2) is 0 Å². The Morgan fingerprint density at radius 3 is 1.81 bits per heavy atom. The number of hydrogen-bond acceptors (Lipinski definition) is 2. The van der Waals surface area contributed by atoms with Crippen LogP contribution in [0.3, 0.4) is 0 Å². The van der Waals surface area contributed by atoms with Crippen molar-refractivity contribution in [2.45, 2.75) is 44.3 Å². The van der Waals surface area contributed by atoms with E-state index in [9.17, 15) is 26.3 Å². The van der Waals surface area contributed by atoms with Crippen molar-refractivity contribution in [3.63, 3.8) is 0 Å². The van der Waals surface area contributed by atoms with E-state index >= 15 is 0 Å². The van der Waals surface area contributed by atoms with Crippen molar-refractivity contribution in [1.82, 2.24) is 0 Å². The van der Waals surface area contributed by atoms with Crippen LogP contribution in [0.1, 0.15) is 19.8 Å². The molecule has 0 saturated carbocycles. The van der Waals surface area contributed by atoms with Crippen LogP contribution in [0.5, 0.6) is 0 Å². The van der Waals surface area contributed by atoms with E-state index < -0.39 is 25.1 Å². The van der Waals surface area contributed by atoms with E-state index in [2.05, 4.69) is 4.74 Å². The van der Waals surface area contributed by atoms with Crippen molar-refractivity contribution in [3.05, 3.63) is 0 Å². The molecule has 2 N–H and O–H groups in total. The molecule has 0 aromatic heterocycles. The summed E-state index contributed by atoms with van der Waals surface area (Å²) in [6.45, 7) is 0.982. The molecule has 0 radical (unpaired) electrons. The van der Waals surface area contributed by atoms with E-state index in [4.69, 9.17) is 5.73 Å². The molecule has 0 fully saturated rings. The average Bonchev–Trinajstić information content (AvgIpc) is 1.97. The highest BCUT2D eigenvalue weighted by Crippen LogP contribution is 2.35. The van der Waals surface area contributed by atoms with Gasteiger partial charge in [-0.15, -0.1) is 0 Å². The highest BCUT2D eigenvalue weighted by Gasteiger charge is 2.57. The van der Waals surface area contributed by atoms with Gasteiger partial charge in [-0.2, -0.15) is 26.3 Å². The first-order valence-electron chi connectivity index (χ1n) is 4.55. The molecule has 0 saturated heterocycles. The Hall–Kier alpha value is -0.500. The first kappa shape index (κ1) is 15.5. The molecular formula is C8H13F6NO. The van der Waals surface area contributed by atoms with Gasteiger partial charge in [-0.1, -0.05) is 0 Å². The van der Waals surface area contributed by atoms with Crippen molar-refractivity contribution in [2.75, 3.05) is 6.61 Å². The minimum absolute atomic E-state index is 0.0559. The third-order valence-electron chi connectivity index (χ3n) is 1.68. The monoisotopic (exact) mass is 253 g/mol. The topological polar surface area (TPSA) is 35.2 Å². The van der Waals surface area contributed by atoms with Crippen molar-refractivity contribution in [1.29, 1.82) is 0 Å². The molecule has 98 valence electrons. The fourth-order valence-electron chi connectivity index (χ4n) is 0.981. The van der Waals surface area contributed by atoms with Crippen LogP contribution in [-0.2, 0) is 4.74 Å². The number of halogens is 6. The van der Waals surface area contributed by atoms with Gasteiger partial charge in [-0.05, 0) is 19.8 Å². The van der Waals surface area contributed by atoms with Crippen molar-refractivity contribution in [3.8, 4) is 0 Å². The molecule has 0 spiro atoms. The lowest BCUT2D eigenvalue weighted by Crippen LogP contribution is -2.44. The summed E-state index contributed by atoms with van der Waals surface area (Å²) in [4.78, 5) is 0. The third-order valence-corrected chi connectivity index (χ3v) is 1.68. The fourth-order valence-corrected chi connectivity index (χ4v) is 0.981. The summed E-state index contributed by atoms with van der Waals surface area (Å²) in [5.74, 6) is 0. The standard InChI is InChI=1S/C8H13F6NO/c1-5(15)3-2-4-16-6(7(9,10)11)8(12,13)14/h5-6H,2-4,15H2,1H3. The third kappa shape index (κ3) is 6.16. The molecule has 1 atom stereocenters. The second-order valence-corrected chi connectivity index (χ2v) is 3.45. The van der Waals surface area contributed by atoms with Crippen LogP contribution in [0.25, 0.3) is 0 Å². The molecule has 0 aliphatic carbocycles. The zero-order valence-electron chi connectivity index (χ0n) is 8.53. The van der Waals surface area contributed by atoms with Crippen molar-refractivity contribution < 1.29 is 31.1 Å². The first-order chi connectivity index (χ1) is 7.05. The molecule has 8 heteroatoms. The molecule has 16 heavy (non-hydrogen) atoms. The maximum Gasteiger partial charge on any atom is 0.423 e. The summed E-state index contributed by atoms with van der Waals surface area (Å²) in [5.41, 5.74) is 5.28. The van der Waals surface area contributed by atoms with Gasteiger partial charge in [0.05, 0.1) is 0 Å². The Balaban J connectivity index is 4.16. The van der Waals surface area contributed by atoms with E-state index in [1.807, 2.05) is 0 Å². The zero-order chi connectivity index (χ0) is 13.0. The Labute approximate surface area is 88.7 Å². The summed E-state index contributed by atoms with van der Waals surface area (Å²) >= 11 is 0. The maximum absolute atomic E-state index is 11.9. The lowest BCUT2D eigenvalue weighted by atomic mass is 10.2. The molecule has 0 aromatic rings. The fraction of sp³-hybridized carbons (Fsp3) is 1.00. The lowest BCUT2D eigenvalue weighted by molar-refractivity contribution is -0.321. The van der Waals surface area contributed by atoms with E-state index in [0.29, 0.717) is 6.42 Å². The quantitative estimate of drug-likeness (QED) is 0.603. The first-order valence-corrected chi connectivity index (χ1v) is 4.55. The zero-order valence-corrected chi connectivity index (χ0v) is 8.53. The normalized spacial score (nSPS) is 15.6. The highest BCUT2D eigenvalue weighted by molar-refractivity contribution is 4.75. The van der Waals surface area contributed by atoms with E-state index in [-0.39, 0.29) is 12.5 Å². The van der Waals surface area contributed by atoms with Gasteiger partial charge < -0.3 is 10.5 Å². The smallest absolute Gasteiger partial charge is 0.361 e. The van der Waals surface area contributed by atoms with Gasteiger partial charge in [0.1, 0.15) is 0 Å². The molecule has 2 nitrogen and oxygen atoms in total. The van der Waals surface area contributed by atoms with Crippen LogP contribution in [-0.4, -0.2) is 31.1 Å². The van der Waals surface area contributed by atoms with Crippen LogP contribution in [0, 0.1) is 0 Å². The lowest BCUT2D eigenvalue weighted by Gasteiger charge is -2.23. The Bertz CT molecular complexity index is 186. The SMILES string of the molecule is CC(N)CCCOC(C(F)(F)F)C(F)(F)F. The van der Waals surface area contributed by atoms with E-state index in [1.165, 1.54) is 0 Å². The van der Waals surface area contributed by atoms with Crippen LogP contribution in [0.2, 0.25) is 0 Å². The predicted molar refractivity (Wildman–Crippen MR) is 44.7 cm³/mol. The van der Waals surface area contributed by atoms with Crippen molar-refractivity contribution in [2.24, 2.45) is 5.73 Å². The van der Waals surface area contributed by atoms with Crippen molar-refractivity contribution >= 4 is 0 Å². The Morgan fingerprint density at radius 1 is 1.06 bits per heavy atom. The summed E-state index contributed by atoms with van der Waals surface area (Å²) < 4.78 is 75.4. The highest BCUT2D eigenvalue weighted by atomic mass is 19.4. The number of hydrogen-bond donors (Lipinski definition) is 1. The summed E-state index contributed by atoms with van der Waals surface area (Å²) in [6.07, 6.45) is -14.2. The minimum atomic E-state index is -5.44. The van der Waals surface area contributed by atoms with Gasteiger partial charge in [0.15, 0.2) is 0 Å². The molecule has 0 amide bonds. The molecule has 0 bridgehead atoms. The second-order valence-electron chi connectivity index (χ2n) is 3.45. The number of alkyl halides is 6. The molecule has 0 aliphatic heterocycles. The average molecular weight is 253 g/mol. The largest absolute Gasteiger partial charge is 0.423 e. The van der Waals surface area contributed by atoms with E-state index in [1.54, 1.807) is 6.92 Å². The van der Waals surface area contributed by atoms with Gasteiger partial charge in [-0.25, -0.2) is 0 Å². The predicted octanol–water partition coefficient (Wildman–Crippen LogP) is 2.62. The van der Waals surface area contributed by atoms with Gasteiger partial charge in [0.25, 0.3) is 0 Å². The molecule has 0 rings (SSSR count). The Kier molecular flexibility index (Phi) is 5.54. The van der Waals surface area contributed by atoms with Crippen LogP contribution >= 0.6 is 0 Å². The number of nitrogens with two attached hydrogens (primary N) is 1. The summed E-state index contributed by atoms with van der Waals surface area (Å²) in [7, 11) is 0. The molecule has 1 unspecified atom stereocenters. The molecular weight excluding hydrogens is 240 g/mol. The molecule has 0 aromatic carbocycles. The van der Waals surface area contributed by atoms with Crippen LogP contribution < -0.4 is 5.73 Å². The summed E-state index contributed by atoms with van der Waals surface area (Å²) in [6, 6.07) is -0.279. The number of rotatable bonds is 5. The van der Waals surface area contributed by atoms with E-state index in [0.717, 1.165) is 0 Å². The van der Waals surface area contributed by atoms with Gasteiger partial charge in [0, 0.05) is 12.6 Å². The van der Waals surface area contributed by atoms with Crippen LogP contribution in [0.4, 0.5) is 26.3 Å². The van der Waals surface area contributed by atoms with Gasteiger partial charge in [-0.3, -0.25) is 0 Å². The molecule has 0 heterocycles. The van der Waals surface area contributed by atoms with Gasteiger partial charge >= 0.3 is 12.4 Å².